The van der Waals surface area contributed by atoms with Gasteiger partial charge < -0.3 is 9.72 Å². The second kappa shape index (κ2) is 5.81. The van der Waals surface area contributed by atoms with Gasteiger partial charge in [0.1, 0.15) is 0 Å². The summed E-state index contributed by atoms with van der Waals surface area (Å²) in [6.45, 7) is 1.67. The van der Waals surface area contributed by atoms with Crippen molar-refractivity contribution in [3.05, 3.63) is 76.3 Å². The first-order valence-electron chi connectivity index (χ1n) is 6.90. The topological polar surface area (TPSA) is 72.0 Å². The van der Waals surface area contributed by atoms with Crippen molar-refractivity contribution < 1.29 is 9.53 Å². The van der Waals surface area contributed by atoms with Gasteiger partial charge in [-0.3, -0.25) is 4.79 Å². The maximum atomic E-state index is 12.0. The second-order valence-corrected chi connectivity index (χ2v) is 4.88. The number of fused-ring (bicyclic) bond motifs is 1. The fourth-order valence-corrected chi connectivity index (χ4v) is 2.16. The Morgan fingerprint density at radius 3 is 2.55 bits per heavy atom. The van der Waals surface area contributed by atoms with Crippen LogP contribution >= 0.6 is 0 Å². The summed E-state index contributed by atoms with van der Waals surface area (Å²) in [5.74, 6) is -0.128. The Hall–Kier alpha value is -2.95. The Morgan fingerprint density at radius 1 is 1.09 bits per heavy atom. The number of nitrogens with zero attached hydrogens (tertiary/aromatic N) is 1. The van der Waals surface area contributed by atoms with Crippen molar-refractivity contribution in [1.29, 1.82) is 0 Å². The molecule has 1 aromatic heterocycles. The highest BCUT2D eigenvalue weighted by atomic mass is 16.5. The Bertz CT molecular complexity index is 872. The molecule has 3 aromatic rings. The van der Waals surface area contributed by atoms with Crippen LogP contribution in [0.2, 0.25) is 0 Å². The van der Waals surface area contributed by atoms with Crippen LogP contribution in [0.1, 0.15) is 29.2 Å². The number of aromatic amines is 1. The summed E-state index contributed by atoms with van der Waals surface area (Å²) in [6.07, 6.45) is -0.648. The van der Waals surface area contributed by atoms with E-state index in [4.69, 9.17) is 4.74 Å². The summed E-state index contributed by atoms with van der Waals surface area (Å²) < 4.78 is 5.35. The molecule has 3 rings (SSSR count). The molecule has 0 bridgehead atoms. The molecule has 5 heteroatoms. The maximum Gasteiger partial charge on any atom is 0.338 e. The zero-order valence-electron chi connectivity index (χ0n) is 11.9. The van der Waals surface area contributed by atoms with Crippen LogP contribution in [-0.2, 0) is 4.74 Å². The molecule has 0 aliphatic carbocycles. The van der Waals surface area contributed by atoms with E-state index in [-0.39, 0.29) is 5.56 Å². The Morgan fingerprint density at radius 2 is 1.77 bits per heavy atom. The van der Waals surface area contributed by atoms with E-state index in [0.29, 0.717) is 22.3 Å². The van der Waals surface area contributed by atoms with Crippen molar-refractivity contribution in [3.63, 3.8) is 0 Å². The van der Waals surface area contributed by atoms with Gasteiger partial charge in [-0.2, -0.15) is 0 Å². The van der Waals surface area contributed by atoms with Crippen molar-refractivity contribution in [3.8, 4) is 0 Å². The van der Waals surface area contributed by atoms with E-state index >= 15 is 0 Å². The molecule has 110 valence electrons. The molecule has 0 saturated carbocycles. The molecular weight excluding hydrogens is 280 g/mol. The number of benzene rings is 2. The first-order valence-corrected chi connectivity index (χ1v) is 6.90. The number of carbonyl (C=O) groups excluding carboxylic acids is 1. The average molecular weight is 294 g/mol. The highest BCUT2D eigenvalue weighted by molar-refractivity contribution is 5.89. The van der Waals surface area contributed by atoms with Gasteiger partial charge in [-0.05, 0) is 31.2 Å². The molecule has 2 aromatic carbocycles. The Labute approximate surface area is 126 Å². The first kappa shape index (κ1) is 14.0. The third kappa shape index (κ3) is 2.74. The van der Waals surface area contributed by atoms with Crippen molar-refractivity contribution in [2.24, 2.45) is 0 Å². The zero-order valence-corrected chi connectivity index (χ0v) is 11.9. The van der Waals surface area contributed by atoms with Crippen LogP contribution in [-0.4, -0.2) is 15.9 Å². The third-order valence-corrected chi connectivity index (χ3v) is 3.31. The van der Waals surface area contributed by atoms with Crippen molar-refractivity contribution in [1.82, 2.24) is 9.97 Å². The standard InChI is InChI=1S/C17H14N2O3/c1-11(22-17(21)12-7-3-2-4-8-12)15-18-14-10-6-5-9-13(14)16(20)19-15/h2-11H,1H3,(H,18,19,20)/t11-/m1/s1. The van der Waals surface area contributed by atoms with Gasteiger partial charge in [-0.15, -0.1) is 0 Å². The summed E-state index contributed by atoms with van der Waals surface area (Å²) in [6, 6.07) is 15.7. The molecule has 0 aliphatic rings. The number of carbonyl (C=O) groups is 1. The number of hydrogen-bond donors (Lipinski definition) is 1. The SMILES string of the molecule is C[C@@H](OC(=O)c1ccccc1)c1nc2ccccc2c(=O)[nH]1. The summed E-state index contributed by atoms with van der Waals surface area (Å²) in [7, 11) is 0. The van der Waals surface area contributed by atoms with Crippen LogP contribution < -0.4 is 5.56 Å². The molecule has 1 heterocycles. The van der Waals surface area contributed by atoms with Crippen molar-refractivity contribution >= 4 is 16.9 Å². The minimum Gasteiger partial charge on any atom is -0.451 e. The number of esters is 1. The van der Waals surface area contributed by atoms with Crippen LogP contribution in [0.15, 0.2) is 59.4 Å². The van der Waals surface area contributed by atoms with E-state index < -0.39 is 12.1 Å². The predicted octanol–water partition coefficient (Wildman–Crippen LogP) is 2.84. The molecule has 1 atom stereocenters. The highest BCUT2D eigenvalue weighted by Gasteiger charge is 2.16. The lowest BCUT2D eigenvalue weighted by Crippen LogP contribution is -2.17. The largest absolute Gasteiger partial charge is 0.451 e. The lowest BCUT2D eigenvalue weighted by molar-refractivity contribution is 0.0320. The van der Waals surface area contributed by atoms with E-state index in [0.717, 1.165) is 0 Å². The monoisotopic (exact) mass is 294 g/mol. The average Bonchev–Trinajstić information content (AvgIpc) is 2.55. The van der Waals surface area contributed by atoms with Crippen LogP contribution in [0, 0.1) is 0 Å². The van der Waals surface area contributed by atoms with Gasteiger partial charge >= 0.3 is 5.97 Å². The molecule has 0 spiro atoms. The Kier molecular flexibility index (Phi) is 3.70. The van der Waals surface area contributed by atoms with E-state index in [1.807, 2.05) is 6.07 Å². The summed E-state index contributed by atoms with van der Waals surface area (Å²) >= 11 is 0. The summed E-state index contributed by atoms with van der Waals surface area (Å²) in [5.41, 5.74) is 0.782. The first-order chi connectivity index (χ1) is 10.6. The van der Waals surface area contributed by atoms with Crippen molar-refractivity contribution in [2.45, 2.75) is 13.0 Å². The second-order valence-electron chi connectivity index (χ2n) is 4.88. The van der Waals surface area contributed by atoms with Gasteiger partial charge in [0.15, 0.2) is 11.9 Å². The van der Waals surface area contributed by atoms with Gasteiger partial charge in [0.2, 0.25) is 0 Å². The number of H-pyrrole nitrogens is 1. The van der Waals surface area contributed by atoms with Gasteiger partial charge in [0, 0.05) is 0 Å². The number of aromatic nitrogens is 2. The van der Waals surface area contributed by atoms with E-state index in [1.165, 1.54) is 0 Å². The smallest absolute Gasteiger partial charge is 0.338 e. The maximum absolute atomic E-state index is 12.0. The molecule has 0 radical (unpaired) electrons. The Balaban J connectivity index is 1.88. The minimum atomic E-state index is -0.648. The van der Waals surface area contributed by atoms with E-state index in [9.17, 15) is 9.59 Å². The molecule has 22 heavy (non-hydrogen) atoms. The molecule has 0 saturated heterocycles. The molecule has 0 amide bonds. The number of hydrogen-bond acceptors (Lipinski definition) is 4. The van der Waals surface area contributed by atoms with Crippen molar-refractivity contribution in [2.75, 3.05) is 0 Å². The number of ether oxygens (including phenoxy) is 1. The highest BCUT2D eigenvalue weighted by Crippen LogP contribution is 2.16. The van der Waals surface area contributed by atoms with Gasteiger partial charge in [0.25, 0.3) is 5.56 Å². The zero-order chi connectivity index (χ0) is 15.5. The fourth-order valence-electron chi connectivity index (χ4n) is 2.16. The number of rotatable bonds is 3. The predicted molar refractivity (Wildman–Crippen MR) is 82.6 cm³/mol. The molecular formula is C17H14N2O3. The lowest BCUT2D eigenvalue weighted by atomic mass is 10.2. The summed E-state index contributed by atoms with van der Waals surface area (Å²) in [5, 5.41) is 0.507. The number of para-hydroxylation sites is 1. The lowest BCUT2D eigenvalue weighted by Gasteiger charge is -2.13. The van der Waals surface area contributed by atoms with E-state index in [1.54, 1.807) is 55.5 Å². The van der Waals surface area contributed by atoms with Gasteiger partial charge in [-0.1, -0.05) is 30.3 Å². The fraction of sp³-hybridized carbons (Fsp3) is 0.118. The third-order valence-electron chi connectivity index (χ3n) is 3.31. The van der Waals surface area contributed by atoms with Gasteiger partial charge in [0.05, 0.1) is 16.5 Å². The molecule has 0 unspecified atom stereocenters. The van der Waals surface area contributed by atoms with Crippen LogP contribution in [0.3, 0.4) is 0 Å². The molecule has 5 nitrogen and oxygen atoms in total. The van der Waals surface area contributed by atoms with Crippen LogP contribution in [0.5, 0.6) is 0 Å². The van der Waals surface area contributed by atoms with Gasteiger partial charge in [-0.25, -0.2) is 9.78 Å². The quantitative estimate of drug-likeness (QED) is 0.754. The van der Waals surface area contributed by atoms with Crippen LogP contribution in [0.4, 0.5) is 0 Å². The minimum absolute atomic E-state index is 0.247. The normalized spacial score (nSPS) is 12.0. The van der Waals surface area contributed by atoms with E-state index in [2.05, 4.69) is 9.97 Å². The molecule has 0 aliphatic heterocycles. The molecule has 0 fully saturated rings. The van der Waals surface area contributed by atoms with Crippen LogP contribution in [0.25, 0.3) is 10.9 Å². The number of nitrogens with one attached hydrogen (secondary N) is 1. The molecule has 1 N–H and O–H groups in total. The summed E-state index contributed by atoms with van der Waals surface area (Å²) in [4.78, 5) is 31.1.